The fraction of sp³-hybridized carbons (Fsp3) is 0.0682. The highest BCUT2D eigenvalue weighted by molar-refractivity contribution is 6.16. The van der Waals surface area contributed by atoms with Crippen LogP contribution in [0.4, 0.5) is 0 Å². The highest BCUT2D eigenvalue weighted by atomic mass is 14.9. The minimum Gasteiger partial charge on any atom is -0.379 e. The lowest BCUT2D eigenvalue weighted by Gasteiger charge is -2.20. The second kappa shape index (κ2) is 14.9. The fourth-order valence-corrected chi connectivity index (χ4v) is 5.64. The van der Waals surface area contributed by atoms with E-state index in [1.165, 1.54) is 0 Å². The van der Waals surface area contributed by atoms with Crippen LogP contribution in [0.1, 0.15) is 25.2 Å². The van der Waals surface area contributed by atoms with Gasteiger partial charge in [0, 0.05) is 17.3 Å². The maximum absolute atomic E-state index is 8.76. The Bertz CT molecular complexity index is 2250. The molecular weight excluding hydrogens is 585 g/mol. The van der Waals surface area contributed by atoms with E-state index in [1.54, 1.807) is 12.2 Å². The third-order valence-corrected chi connectivity index (χ3v) is 8.18. The molecule has 2 aromatic heterocycles. The van der Waals surface area contributed by atoms with E-state index in [2.05, 4.69) is 105 Å². The van der Waals surface area contributed by atoms with Gasteiger partial charge in [0.1, 0.15) is 0 Å². The first-order valence-corrected chi connectivity index (χ1v) is 15.7. The van der Waals surface area contributed by atoms with Gasteiger partial charge in [0.15, 0.2) is 0 Å². The summed E-state index contributed by atoms with van der Waals surface area (Å²) in [4.78, 5) is 9.78. The number of dihydropyridines is 1. The van der Waals surface area contributed by atoms with Gasteiger partial charge in [-0.2, -0.15) is 0 Å². The summed E-state index contributed by atoms with van der Waals surface area (Å²) >= 11 is 0. The molecule has 2 aliphatic rings. The Balaban J connectivity index is 0.00000221. The smallest absolute Gasteiger partial charge is 0.0947 e. The van der Waals surface area contributed by atoms with Crippen LogP contribution in [0.15, 0.2) is 170 Å². The van der Waals surface area contributed by atoms with Crippen LogP contribution in [0.3, 0.4) is 0 Å². The number of benzene rings is 2. The molecule has 1 aliphatic heterocycles. The number of rotatable bonds is 8. The minimum absolute atomic E-state index is 0.394. The maximum atomic E-state index is 8.76. The van der Waals surface area contributed by atoms with E-state index in [4.69, 9.17) is 15.4 Å². The summed E-state index contributed by atoms with van der Waals surface area (Å²) in [6.45, 7) is 22.6. The molecule has 2 N–H and O–H groups in total. The highest BCUT2D eigenvalue weighted by Crippen LogP contribution is 2.29. The van der Waals surface area contributed by atoms with Crippen molar-refractivity contribution in [3.8, 4) is 23.0 Å². The molecule has 1 aliphatic carbocycles. The molecule has 0 spiro atoms. The van der Waals surface area contributed by atoms with Crippen LogP contribution in [-0.2, 0) is 0 Å². The van der Waals surface area contributed by atoms with Crippen LogP contribution in [0.5, 0.6) is 0 Å². The van der Waals surface area contributed by atoms with E-state index in [9.17, 15) is 0 Å². The van der Waals surface area contributed by atoms with Crippen LogP contribution < -0.4 is 5.32 Å². The number of nitrogens with one attached hydrogen (secondary N) is 2. The van der Waals surface area contributed by atoms with Crippen molar-refractivity contribution in [2.75, 3.05) is 6.54 Å². The van der Waals surface area contributed by atoms with Gasteiger partial charge >= 0.3 is 0 Å². The Morgan fingerprint density at radius 3 is 2.06 bits per heavy atom. The molecule has 48 heavy (non-hydrogen) atoms. The summed E-state index contributed by atoms with van der Waals surface area (Å²) in [5.41, 5.74) is 12.4. The number of allylic oxidation sites excluding steroid dienone is 13. The molecule has 4 heteroatoms. The molecule has 2 aromatic carbocycles. The van der Waals surface area contributed by atoms with Crippen molar-refractivity contribution in [1.82, 2.24) is 15.3 Å². The van der Waals surface area contributed by atoms with Crippen molar-refractivity contribution in [2.45, 2.75) is 13.8 Å². The lowest BCUT2D eigenvalue weighted by Crippen LogP contribution is -2.27. The second-order valence-corrected chi connectivity index (χ2v) is 11.2. The second-order valence-electron chi connectivity index (χ2n) is 11.2. The molecule has 0 radical (unpaired) electrons. The summed E-state index contributed by atoms with van der Waals surface area (Å²) < 4.78 is 0. The van der Waals surface area contributed by atoms with Crippen LogP contribution >= 0.6 is 0 Å². The summed E-state index contributed by atoms with van der Waals surface area (Å²) in [7, 11) is 0. The zero-order chi connectivity index (χ0) is 34.2. The molecule has 4 nitrogen and oxygen atoms in total. The molecular formula is C44H38N4. The van der Waals surface area contributed by atoms with Gasteiger partial charge in [-0.3, -0.25) is 5.41 Å². The summed E-state index contributed by atoms with van der Waals surface area (Å²) in [5, 5.41) is 14.2. The Morgan fingerprint density at radius 2 is 1.44 bits per heavy atom. The normalized spacial score (nSPS) is 15.5. The van der Waals surface area contributed by atoms with Gasteiger partial charge in [-0.25, -0.2) is 9.97 Å². The number of nitrogens with zero attached hydrogens (tertiary/aromatic N) is 2. The van der Waals surface area contributed by atoms with Crippen molar-refractivity contribution < 1.29 is 0 Å². The average Bonchev–Trinajstić information content (AvgIpc) is 3.13. The topological polar surface area (TPSA) is 61.7 Å². The van der Waals surface area contributed by atoms with Gasteiger partial charge in [-0.15, -0.1) is 13.2 Å². The van der Waals surface area contributed by atoms with Gasteiger partial charge in [0.2, 0.25) is 0 Å². The Morgan fingerprint density at radius 1 is 0.792 bits per heavy atom. The highest BCUT2D eigenvalue weighted by Gasteiger charge is 2.20. The van der Waals surface area contributed by atoms with Crippen LogP contribution in [0.25, 0.3) is 44.1 Å². The van der Waals surface area contributed by atoms with E-state index in [-0.39, 0.29) is 0 Å². The third kappa shape index (κ3) is 6.77. The number of fused-ring (bicyclic) bond motifs is 2. The zero-order valence-electron chi connectivity index (χ0n) is 27.5. The zero-order valence-corrected chi connectivity index (χ0v) is 27.5. The number of pyridine rings is 2. The van der Waals surface area contributed by atoms with Crippen molar-refractivity contribution in [1.29, 1.82) is 5.41 Å². The molecule has 4 aromatic rings. The molecule has 0 unspecified atom stereocenters. The first kappa shape index (κ1) is 33.1. The first-order chi connectivity index (χ1) is 23.4. The molecule has 0 saturated carbocycles. The van der Waals surface area contributed by atoms with Crippen LogP contribution in [0, 0.1) is 17.3 Å². The number of hydrogen-bond donors (Lipinski definition) is 2. The largest absolute Gasteiger partial charge is 0.379 e. The minimum atomic E-state index is 0.394. The van der Waals surface area contributed by atoms with Crippen molar-refractivity contribution in [3.63, 3.8) is 0 Å². The van der Waals surface area contributed by atoms with Gasteiger partial charge in [-0.1, -0.05) is 98.4 Å². The molecule has 0 bridgehead atoms. The molecule has 0 atom stereocenters. The van der Waals surface area contributed by atoms with E-state index < -0.39 is 0 Å². The summed E-state index contributed by atoms with van der Waals surface area (Å²) in [6, 6.07) is 21.0. The molecule has 3 heterocycles. The third-order valence-electron chi connectivity index (χ3n) is 8.18. The lowest BCUT2D eigenvalue weighted by molar-refractivity contribution is 0.922. The molecule has 0 saturated heterocycles. The molecule has 6 rings (SSSR count). The van der Waals surface area contributed by atoms with E-state index in [0.717, 1.165) is 77.9 Å². The van der Waals surface area contributed by atoms with Gasteiger partial charge in [0.25, 0.3) is 0 Å². The monoisotopic (exact) mass is 622 g/mol. The predicted molar refractivity (Wildman–Crippen MR) is 206 cm³/mol. The number of aromatic nitrogens is 2. The Hall–Kier alpha value is -6.31. The SMILES string of the molecule is C=C.C=C/C=C(\C)c1ccc2cc(-c3ccc4nc(/C(C=C)=C/C=C(C)/C(C=C)=C5\C#CC6=C(NCC=C6)C5=N)ccc4c3)ccc2n1. The molecule has 0 fully saturated rings. The standard InChI is InChI=1S/C42H34N4.C2H4/c1-6-10-28(5)37-20-17-33-25-31(15-21-39(33)45-37)32-16-22-40-34(26-32)18-23-38(46-40)29(7-2)13-12-27(4)35(8-3)36-19-14-30-11-9-24-44-42(30)41(36)43;1-2/h6-13,15-18,20-23,25-26,43-44H,1-3,24H2,4-5H3;1-2H2/b27-12+,28-10+,29-13+,36-35+,43-41?;. The predicted octanol–water partition coefficient (Wildman–Crippen LogP) is 10.3. The lowest BCUT2D eigenvalue weighted by atomic mass is 9.90. The quantitative estimate of drug-likeness (QED) is 0.117. The van der Waals surface area contributed by atoms with E-state index >= 15 is 0 Å². The number of hydrogen-bond acceptors (Lipinski definition) is 4. The molecule has 234 valence electrons. The van der Waals surface area contributed by atoms with Gasteiger partial charge in [0.05, 0.1) is 45.0 Å². The van der Waals surface area contributed by atoms with Crippen molar-refractivity contribution in [3.05, 3.63) is 182 Å². The first-order valence-electron chi connectivity index (χ1n) is 15.7. The van der Waals surface area contributed by atoms with Crippen LogP contribution in [-0.4, -0.2) is 22.2 Å². The molecule has 0 amide bonds. The Kier molecular flexibility index (Phi) is 10.2. The van der Waals surface area contributed by atoms with Gasteiger partial charge < -0.3 is 5.32 Å². The van der Waals surface area contributed by atoms with E-state index in [0.29, 0.717) is 17.8 Å². The van der Waals surface area contributed by atoms with Crippen molar-refractivity contribution in [2.24, 2.45) is 0 Å². The van der Waals surface area contributed by atoms with Crippen LogP contribution in [0.2, 0.25) is 0 Å². The van der Waals surface area contributed by atoms with Gasteiger partial charge in [-0.05, 0) is 89.7 Å². The maximum Gasteiger partial charge on any atom is 0.0947 e. The fourth-order valence-electron chi connectivity index (χ4n) is 5.64. The summed E-state index contributed by atoms with van der Waals surface area (Å²) in [5.74, 6) is 6.35. The van der Waals surface area contributed by atoms with E-state index in [1.807, 2.05) is 56.4 Å². The Labute approximate surface area is 283 Å². The summed E-state index contributed by atoms with van der Waals surface area (Å²) in [6.07, 6.45) is 15.3. The average molecular weight is 623 g/mol. The van der Waals surface area contributed by atoms with Crippen molar-refractivity contribution >= 4 is 38.7 Å².